The summed E-state index contributed by atoms with van der Waals surface area (Å²) in [6, 6.07) is 0. The fourth-order valence-electron chi connectivity index (χ4n) is 4.25. The highest BCUT2D eigenvalue weighted by Crippen LogP contribution is 2.45. The molecule has 1 unspecified atom stereocenters. The van der Waals surface area contributed by atoms with Gasteiger partial charge in [-0.15, -0.1) is 0 Å². The molecule has 3 nitrogen and oxygen atoms in total. The molecule has 0 aromatic heterocycles. The van der Waals surface area contributed by atoms with Crippen LogP contribution in [-0.2, 0) is 9.31 Å². The second-order valence-corrected chi connectivity index (χ2v) is 8.74. The Hall–Kier alpha value is -0.835. The van der Waals surface area contributed by atoms with Gasteiger partial charge in [-0.2, -0.15) is 0 Å². The first-order valence-electron chi connectivity index (χ1n) is 9.88. The molecule has 0 aromatic carbocycles. The number of rotatable bonds is 4. The first kappa shape index (κ1) is 18.9. The van der Waals surface area contributed by atoms with Gasteiger partial charge in [-0.25, -0.2) is 0 Å². The van der Waals surface area contributed by atoms with E-state index in [9.17, 15) is 5.11 Å². The van der Waals surface area contributed by atoms with Crippen LogP contribution in [0, 0.1) is 0 Å². The van der Waals surface area contributed by atoms with Crippen molar-refractivity contribution in [3.8, 4) is 0 Å². The van der Waals surface area contributed by atoms with Gasteiger partial charge in [0.2, 0.25) is 0 Å². The van der Waals surface area contributed by atoms with Gasteiger partial charge in [-0.3, -0.25) is 0 Å². The number of aliphatic hydroxyl groups is 1. The highest BCUT2D eigenvalue weighted by Gasteiger charge is 2.51. The van der Waals surface area contributed by atoms with E-state index >= 15 is 0 Å². The lowest BCUT2D eigenvalue weighted by atomic mass is 9.68. The summed E-state index contributed by atoms with van der Waals surface area (Å²) in [5, 5.41) is 11.7. The molecular formula is C21H33BO3. The topological polar surface area (TPSA) is 38.7 Å². The average Bonchev–Trinajstić information content (AvgIpc) is 2.74. The lowest BCUT2D eigenvalue weighted by molar-refractivity contribution is 0.00578. The van der Waals surface area contributed by atoms with Crippen molar-refractivity contribution in [1.82, 2.24) is 0 Å². The molecule has 1 heterocycles. The van der Waals surface area contributed by atoms with Crippen molar-refractivity contribution in [2.45, 2.75) is 96.4 Å². The molecule has 3 rings (SSSR count). The van der Waals surface area contributed by atoms with Gasteiger partial charge >= 0.3 is 7.12 Å². The minimum absolute atomic E-state index is 0.351. The average molecular weight is 344 g/mol. The van der Waals surface area contributed by atoms with Crippen molar-refractivity contribution in [2.24, 2.45) is 0 Å². The van der Waals surface area contributed by atoms with E-state index in [2.05, 4.69) is 52.7 Å². The summed E-state index contributed by atoms with van der Waals surface area (Å²) >= 11 is 0. The molecule has 3 aliphatic rings. The molecule has 0 aromatic rings. The highest BCUT2D eigenvalue weighted by molar-refractivity contribution is 6.51. The SMILES string of the molecule is CCCC(=CB1OC(C)(C)C(C)(C)O1)C1(O)CCCC2=C1C=CCC2. The number of allylic oxidation sites excluding steroid dienone is 2. The maximum atomic E-state index is 11.7. The summed E-state index contributed by atoms with van der Waals surface area (Å²) < 4.78 is 12.3. The summed E-state index contributed by atoms with van der Waals surface area (Å²) in [5.41, 5.74) is 2.08. The van der Waals surface area contributed by atoms with Gasteiger partial charge in [0.05, 0.1) is 11.2 Å². The summed E-state index contributed by atoms with van der Waals surface area (Å²) in [6.45, 7) is 10.4. The van der Waals surface area contributed by atoms with E-state index in [0.717, 1.165) is 56.1 Å². The maximum absolute atomic E-state index is 11.7. The fourth-order valence-corrected chi connectivity index (χ4v) is 4.25. The normalized spacial score (nSPS) is 31.4. The third-order valence-corrected chi connectivity index (χ3v) is 6.40. The van der Waals surface area contributed by atoms with E-state index in [0.29, 0.717) is 0 Å². The van der Waals surface area contributed by atoms with E-state index in [-0.39, 0.29) is 11.2 Å². The first-order valence-corrected chi connectivity index (χ1v) is 9.88. The molecule has 1 saturated heterocycles. The first-order chi connectivity index (χ1) is 11.7. The molecule has 0 spiro atoms. The maximum Gasteiger partial charge on any atom is 0.487 e. The fraction of sp³-hybridized carbons (Fsp3) is 0.714. The van der Waals surface area contributed by atoms with Crippen molar-refractivity contribution < 1.29 is 14.4 Å². The van der Waals surface area contributed by atoms with Gasteiger partial charge in [-0.05, 0) is 77.4 Å². The molecule has 0 radical (unpaired) electrons. The zero-order valence-electron chi connectivity index (χ0n) is 16.5. The van der Waals surface area contributed by atoms with Crippen LogP contribution in [0.2, 0.25) is 0 Å². The summed E-state index contributed by atoms with van der Waals surface area (Å²) in [6.07, 6.45) is 11.4. The van der Waals surface area contributed by atoms with E-state index in [1.165, 1.54) is 5.57 Å². The van der Waals surface area contributed by atoms with Gasteiger partial charge in [0, 0.05) is 0 Å². The van der Waals surface area contributed by atoms with Crippen LogP contribution in [-0.4, -0.2) is 29.0 Å². The van der Waals surface area contributed by atoms with Gasteiger partial charge < -0.3 is 14.4 Å². The van der Waals surface area contributed by atoms with Crippen LogP contribution in [0.5, 0.6) is 0 Å². The Morgan fingerprint density at radius 2 is 1.88 bits per heavy atom. The van der Waals surface area contributed by atoms with E-state index < -0.39 is 12.7 Å². The second-order valence-electron chi connectivity index (χ2n) is 8.74. The molecule has 25 heavy (non-hydrogen) atoms. The molecular weight excluding hydrogens is 311 g/mol. The Bertz CT molecular complexity index is 599. The highest BCUT2D eigenvalue weighted by atomic mass is 16.7. The smallest absolute Gasteiger partial charge is 0.400 e. The number of hydrogen-bond donors (Lipinski definition) is 1. The van der Waals surface area contributed by atoms with Crippen LogP contribution in [0.3, 0.4) is 0 Å². The quantitative estimate of drug-likeness (QED) is 0.737. The molecule has 1 aliphatic heterocycles. The third kappa shape index (κ3) is 3.41. The second kappa shape index (κ2) is 6.72. The summed E-state index contributed by atoms with van der Waals surface area (Å²) in [7, 11) is -0.394. The van der Waals surface area contributed by atoms with Gasteiger partial charge in [0.15, 0.2) is 0 Å². The lowest BCUT2D eigenvalue weighted by Crippen LogP contribution is -2.41. The molecule has 0 bridgehead atoms. The molecule has 1 fully saturated rings. The molecule has 1 atom stereocenters. The predicted octanol–water partition coefficient (Wildman–Crippen LogP) is 4.91. The lowest BCUT2D eigenvalue weighted by Gasteiger charge is -2.39. The predicted molar refractivity (Wildman–Crippen MR) is 103 cm³/mol. The number of hydrogen-bond acceptors (Lipinski definition) is 3. The largest absolute Gasteiger partial charge is 0.487 e. The van der Waals surface area contributed by atoms with Crippen molar-refractivity contribution in [2.75, 3.05) is 0 Å². The van der Waals surface area contributed by atoms with Crippen LogP contribution in [0.4, 0.5) is 0 Å². The molecule has 0 saturated carbocycles. The third-order valence-electron chi connectivity index (χ3n) is 6.40. The Balaban J connectivity index is 1.95. The Morgan fingerprint density at radius 3 is 2.52 bits per heavy atom. The Labute approximate surface area is 153 Å². The molecule has 2 aliphatic carbocycles. The summed E-state index contributed by atoms with van der Waals surface area (Å²) in [5.74, 6) is 2.05. The molecule has 4 heteroatoms. The van der Waals surface area contributed by atoms with Crippen LogP contribution in [0.25, 0.3) is 0 Å². The van der Waals surface area contributed by atoms with Crippen molar-refractivity contribution in [1.29, 1.82) is 0 Å². The van der Waals surface area contributed by atoms with Crippen LogP contribution < -0.4 is 0 Å². The Kier molecular flexibility index (Phi) is 5.09. The van der Waals surface area contributed by atoms with Gasteiger partial charge in [0.1, 0.15) is 5.60 Å². The van der Waals surface area contributed by atoms with Crippen molar-refractivity contribution in [3.05, 3.63) is 34.8 Å². The summed E-state index contributed by atoms with van der Waals surface area (Å²) in [4.78, 5) is 0. The van der Waals surface area contributed by atoms with Crippen LogP contribution in [0.1, 0.15) is 79.6 Å². The zero-order valence-corrected chi connectivity index (χ0v) is 16.5. The minimum atomic E-state index is -0.857. The molecule has 1 N–H and O–H groups in total. The van der Waals surface area contributed by atoms with Crippen LogP contribution >= 0.6 is 0 Å². The van der Waals surface area contributed by atoms with Crippen molar-refractivity contribution in [3.63, 3.8) is 0 Å². The standard InChI is InChI=1S/C21H33BO3/c1-6-10-17(15-22-24-19(2,3)20(4,5)25-22)21(23)14-9-12-16-11-7-8-13-18(16)21/h8,13,15,23H,6-7,9-12,14H2,1-5H3. The van der Waals surface area contributed by atoms with Gasteiger partial charge in [-0.1, -0.05) is 37.0 Å². The monoisotopic (exact) mass is 344 g/mol. The van der Waals surface area contributed by atoms with Gasteiger partial charge in [0.25, 0.3) is 0 Å². The van der Waals surface area contributed by atoms with E-state index in [1.54, 1.807) is 0 Å². The van der Waals surface area contributed by atoms with E-state index in [4.69, 9.17) is 9.31 Å². The van der Waals surface area contributed by atoms with Crippen molar-refractivity contribution >= 4 is 7.12 Å². The Morgan fingerprint density at radius 1 is 1.20 bits per heavy atom. The minimum Gasteiger partial charge on any atom is -0.400 e. The molecule has 138 valence electrons. The van der Waals surface area contributed by atoms with Crippen LogP contribution in [0.15, 0.2) is 34.8 Å². The van der Waals surface area contributed by atoms with E-state index in [1.807, 2.05) is 0 Å². The zero-order chi connectivity index (χ0) is 18.3. The molecule has 0 amide bonds.